The number of carboxylic acid groups (broad SMARTS) is 1. The van der Waals surface area contributed by atoms with E-state index in [2.05, 4.69) is 10.5 Å². The maximum Gasteiger partial charge on any atom is 0.412 e. The standard InChI is InChI=1S/C28H25ClN2O5/c1-16(27(32)33)19-8-10-20(11-9-19)21-12-14-22(15-13-21)26-25(17(2)31-36-26)30-28(34)35-18(3)23-6-4-5-7-24(23)29/h4-16,18H,1-3H3,(H,30,34)(H,32,33)/t16?,18-/m0/s1. The Bertz CT molecular complexity index is 1380. The van der Waals surface area contributed by atoms with Gasteiger partial charge in [0.25, 0.3) is 0 Å². The van der Waals surface area contributed by atoms with E-state index in [0.717, 1.165) is 22.3 Å². The average molecular weight is 505 g/mol. The number of hydrogen-bond donors (Lipinski definition) is 2. The molecule has 8 heteroatoms. The highest BCUT2D eigenvalue weighted by molar-refractivity contribution is 6.31. The number of aryl methyl sites for hydroxylation is 1. The van der Waals surface area contributed by atoms with Crippen molar-refractivity contribution in [1.29, 1.82) is 0 Å². The van der Waals surface area contributed by atoms with E-state index >= 15 is 0 Å². The van der Waals surface area contributed by atoms with Crippen LogP contribution < -0.4 is 5.32 Å². The third-order valence-corrected chi connectivity index (χ3v) is 6.32. The minimum atomic E-state index is -0.860. The number of carbonyl (C=O) groups excluding carboxylic acids is 1. The van der Waals surface area contributed by atoms with E-state index in [9.17, 15) is 14.7 Å². The summed E-state index contributed by atoms with van der Waals surface area (Å²) in [7, 11) is 0. The topological polar surface area (TPSA) is 102 Å². The van der Waals surface area contributed by atoms with Gasteiger partial charge in [-0.05, 0) is 43.5 Å². The first kappa shape index (κ1) is 25.0. The van der Waals surface area contributed by atoms with Crippen molar-refractivity contribution in [3.63, 3.8) is 0 Å². The van der Waals surface area contributed by atoms with Crippen molar-refractivity contribution in [3.05, 3.63) is 94.6 Å². The zero-order chi connectivity index (χ0) is 25.8. The molecule has 36 heavy (non-hydrogen) atoms. The van der Waals surface area contributed by atoms with Gasteiger partial charge in [0, 0.05) is 16.1 Å². The third kappa shape index (κ3) is 5.42. The number of rotatable bonds is 7. The van der Waals surface area contributed by atoms with Gasteiger partial charge in [-0.25, -0.2) is 4.79 Å². The molecule has 0 spiro atoms. The first-order valence-corrected chi connectivity index (χ1v) is 11.7. The van der Waals surface area contributed by atoms with E-state index in [4.69, 9.17) is 20.9 Å². The number of nitrogens with zero attached hydrogens (tertiary/aromatic N) is 1. The Labute approximate surface area is 213 Å². The second-order valence-electron chi connectivity index (χ2n) is 8.43. The van der Waals surface area contributed by atoms with Gasteiger partial charge in [-0.3, -0.25) is 10.1 Å². The van der Waals surface area contributed by atoms with Crippen molar-refractivity contribution in [3.8, 4) is 22.5 Å². The number of anilines is 1. The molecule has 0 aliphatic rings. The van der Waals surface area contributed by atoms with E-state index < -0.39 is 24.1 Å². The monoisotopic (exact) mass is 504 g/mol. The van der Waals surface area contributed by atoms with E-state index in [1.54, 1.807) is 32.9 Å². The number of nitrogens with one attached hydrogen (secondary N) is 1. The van der Waals surface area contributed by atoms with Crippen molar-refractivity contribution in [2.75, 3.05) is 5.32 Å². The summed E-state index contributed by atoms with van der Waals surface area (Å²) in [4.78, 5) is 23.8. The highest BCUT2D eigenvalue weighted by atomic mass is 35.5. The molecule has 4 aromatic rings. The van der Waals surface area contributed by atoms with Crippen LogP contribution in [0, 0.1) is 6.92 Å². The Balaban J connectivity index is 1.49. The van der Waals surface area contributed by atoms with Crippen molar-refractivity contribution in [2.24, 2.45) is 0 Å². The second kappa shape index (κ2) is 10.7. The quantitative estimate of drug-likeness (QED) is 0.270. The van der Waals surface area contributed by atoms with Crippen molar-refractivity contribution in [2.45, 2.75) is 32.8 Å². The molecule has 7 nitrogen and oxygen atoms in total. The lowest BCUT2D eigenvalue weighted by Crippen LogP contribution is -2.17. The fourth-order valence-corrected chi connectivity index (χ4v) is 4.08. The second-order valence-corrected chi connectivity index (χ2v) is 8.83. The lowest BCUT2D eigenvalue weighted by molar-refractivity contribution is -0.138. The van der Waals surface area contributed by atoms with Gasteiger partial charge in [-0.15, -0.1) is 0 Å². The van der Waals surface area contributed by atoms with Crippen LogP contribution in [0.3, 0.4) is 0 Å². The predicted molar refractivity (Wildman–Crippen MR) is 138 cm³/mol. The van der Waals surface area contributed by atoms with Gasteiger partial charge in [-0.1, -0.05) is 83.5 Å². The Morgan fingerprint density at radius 2 is 1.53 bits per heavy atom. The maximum atomic E-state index is 12.6. The zero-order valence-electron chi connectivity index (χ0n) is 20.0. The number of carboxylic acids is 1. The maximum absolute atomic E-state index is 12.6. The average Bonchev–Trinajstić information content (AvgIpc) is 3.23. The molecule has 2 atom stereocenters. The number of aliphatic carboxylic acids is 1. The van der Waals surface area contributed by atoms with Crippen molar-refractivity contribution < 1.29 is 24.0 Å². The molecule has 0 bridgehead atoms. The Kier molecular flexibility index (Phi) is 7.41. The van der Waals surface area contributed by atoms with E-state index in [-0.39, 0.29) is 0 Å². The van der Waals surface area contributed by atoms with Gasteiger partial charge in [0.2, 0.25) is 0 Å². The SMILES string of the molecule is Cc1noc(-c2ccc(-c3ccc(C(C)C(=O)O)cc3)cc2)c1NC(=O)O[C@@H](C)c1ccccc1Cl. The third-order valence-electron chi connectivity index (χ3n) is 5.98. The van der Waals surface area contributed by atoms with Gasteiger partial charge in [0.05, 0.1) is 5.92 Å². The van der Waals surface area contributed by atoms with Crippen LogP contribution in [0.2, 0.25) is 5.02 Å². The van der Waals surface area contributed by atoms with Crippen LogP contribution in [0.4, 0.5) is 10.5 Å². The molecule has 1 unspecified atom stereocenters. The minimum absolute atomic E-state index is 0.409. The summed E-state index contributed by atoms with van der Waals surface area (Å²) in [5, 5.41) is 16.5. The number of carbonyl (C=O) groups is 2. The van der Waals surface area contributed by atoms with Crippen LogP contribution >= 0.6 is 11.6 Å². The fourth-order valence-electron chi connectivity index (χ4n) is 3.80. The number of aromatic nitrogens is 1. The normalized spacial score (nSPS) is 12.6. The van der Waals surface area contributed by atoms with Crippen LogP contribution in [-0.4, -0.2) is 22.3 Å². The molecule has 2 N–H and O–H groups in total. The van der Waals surface area contributed by atoms with Crippen LogP contribution in [0.15, 0.2) is 77.3 Å². The molecule has 0 aliphatic heterocycles. The molecule has 0 saturated heterocycles. The molecule has 184 valence electrons. The van der Waals surface area contributed by atoms with Gasteiger partial charge >= 0.3 is 12.1 Å². The van der Waals surface area contributed by atoms with Gasteiger partial charge in [0.15, 0.2) is 5.76 Å². The first-order chi connectivity index (χ1) is 17.2. The number of benzene rings is 3. The zero-order valence-corrected chi connectivity index (χ0v) is 20.7. The van der Waals surface area contributed by atoms with Crippen molar-refractivity contribution >= 4 is 29.4 Å². The van der Waals surface area contributed by atoms with E-state index in [1.165, 1.54) is 0 Å². The van der Waals surface area contributed by atoms with Crippen LogP contribution in [-0.2, 0) is 9.53 Å². The summed E-state index contributed by atoms with van der Waals surface area (Å²) in [5.74, 6) is -1.02. The highest BCUT2D eigenvalue weighted by Crippen LogP contribution is 2.33. The molecular formula is C28H25ClN2O5. The van der Waals surface area contributed by atoms with Gasteiger partial charge in [-0.2, -0.15) is 0 Å². The molecule has 4 rings (SSSR count). The lowest BCUT2D eigenvalue weighted by atomic mass is 9.97. The Morgan fingerprint density at radius 3 is 2.14 bits per heavy atom. The minimum Gasteiger partial charge on any atom is -0.481 e. The molecule has 1 heterocycles. The molecule has 1 aromatic heterocycles. The number of ether oxygens (including phenoxy) is 1. The largest absolute Gasteiger partial charge is 0.481 e. The number of hydrogen-bond acceptors (Lipinski definition) is 5. The van der Waals surface area contributed by atoms with Crippen molar-refractivity contribution in [1.82, 2.24) is 5.16 Å². The Morgan fingerprint density at radius 1 is 0.944 bits per heavy atom. The molecule has 0 fully saturated rings. The molecular weight excluding hydrogens is 480 g/mol. The summed E-state index contributed by atoms with van der Waals surface area (Å²) >= 11 is 6.21. The summed E-state index contributed by atoms with van der Waals surface area (Å²) in [6, 6.07) is 22.2. The Hall–Kier alpha value is -4.10. The van der Waals surface area contributed by atoms with Crippen LogP contribution in [0.1, 0.15) is 42.7 Å². The van der Waals surface area contributed by atoms with E-state index in [1.807, 2.05) is 60.7 Å². The number of halogens is 1. The number of amides is 1. The predicted octanol–water partition coefficient (Wildman–Crippen LogP) is 7.47. The van der Waals surface area contributed by atoms with E-state index in [0.29, 0.717) is 27.7 Å². The molecule has 0 saturated carbocycles. The summed E-state index contributed by atoms with van der Waals surface area (Å²) < 4.78 is 11.0. The summed E-state index contributed by atoms with van der Waals surface area (Å²) in [5.41, 5.74) is 5.01. The molecule has 0 radical (unpaired) electrons. The fraction of sp³-hybridized carbons (Fsp3) is 0.179. The summed E-state index contributed by atoms with van der Waals surface area (Å²) in [6.07, 6.45) is -1.20. The lowest BCUT2D eigenvalue weighted by Gasteiger charge is -2.15. The molecule has 1 amide bonds. The molecule has 3 aromatic carbocycles. The van der Waals surface area contributed by atoms with Crippen LogP contribution in [0.5, 0.6) is 0 Å². The first-order valence-electron chi connectivity index (χ1n) is 11.4. The summed E-state index contributed by atoms with van der Waals surface area (Å²) in [6.45, 7) is 5.13. The molecule has 0 aliphatic carbocycles. The highest BCUT2D eigenvalue weighted by Gasteiger charge is 2.21. The smallest absolute Gasteiger partial charge is 0.412 e. The van der Waals surface area contributed by atoms with Crippen LogP contribution in [0.25, 0.3) is 22.5 Å². The van der Waals surface area contributed by atoms with Gasteiger partial charge < -0.3 is 14.4 Å². The van der Waals surface area contributed by atoms with Gasteiger partial charge in [0.1, 0.15) is 17.5 Å².